The van der Waals surface area contributed by atoms with Crippen LogP contribution < -0.4 is 10.1 Å². The van der Waals surface area contributed by atoms with Crippen LogP contribution >= 0.6 is 15.9 Å². The summed E-state index contributed by atoms with van der Waals surface area (Å²) in [5.74, 6) is 0.689. The fraction of sp³-hybridized carbons (Fsp3) is 0.500. The highest BCUT2D eigenvalue weighted by Gasteiger charge is 2.02. The van der Waals surface area contributed by atoms with Crippen molar-refractivity contribution in [3.8, 4) is 5.75 Å². The maximum absolute atomic E-state index is 12.0. The lowest BCUT2D eigenvalue weighted by molar-refractivity contribution is 0.199. The van der Waals surface area contributed by atoms with E-state index in [1.807, 2.05) is 18.2 Å². The first-order chi connectivity index (χ1) is 8.27. The summed E-state index contributed by atoms with van der Waals surface area (Å²) >= 11 is 3.47. The average molecular weight is 306 g/mol. The molecule has 0 saturated heterocycles. The van der Waals surface area contributed by atoms with Crippen LogP contribution in [0.4, 0.5) is 4.39 Å². The number of halogens is 2. The van der Waals surface area contributed by atoms with E-state index in [1.54, 1.807) is 7.11 Å². The van der Waals surface area contributed by atoms with Gasteiger partial charge in [0.2, 0.25) is 0 Å². The van der Waals surface area contributed by atoms with Gasteiger partial charge >= 0.3 is 0 Å². The fourth-order valence-corrected chi connectivity index (χ4v) is 1.72. The summed E-state index contributed by atoms with van der Waals surface area (Å²) in [5.41, 5.74) is 1.08. The molecule has 17 heavy (non-hydrogen) atoms. The van der Waals surface area contributed by atoms with Crippen molar-refractivity contribution in [2.24, 2.45) is 0 Å². The zero-order chi connectivity index (χ0) is 12.5. The summed E-state index contributed by atoms with van der Waals surface area (Å²) in [6.45, 7) is 1.81. The van der Waals surface area contributed by atoms with Crippen molar-refractivity contribution in [2.75, 3.05) is 33.5 Å². The molecule has 3 nitrogen and oxygen atoms in total. The molecule has 0 aliphatic heterocycles. The van der Waals surface area contributed by atoms with E-state index in [0.29, 0.717) is 12.4 Å². The van der Waals surface area contributed by atoms with Gasteiger partial charge in [0.1, 0.15) is 19.0 Å². The monoisotopic (exact) mass is 305 g/mol. The smallest absolute Gasteiger partial charge is 0.123 e. The van der Waals surface area contributed by atoms with Crippen LogP contribution in [0.3, 0.4) is 0 Å². The molecule has 0 aliphatic carbocycles. The number of ether oxygens (including phenoxy) is 2. The van der Waals surface area contributed by atoms with E-state index in [4.69, 9.17) is 9.47 Å². The van der Waals surface area contributed by atoms with Crippen LogP contribution in [-0.4, -0.2) is 33.5 Å². The number of hydrogen-bond donors (Lipinski definition) is 1. The third-order valence-electron chi connectivity index (χ3n) is 2.16. The number of benzene rings is 1. The summed E-state index contributed by atoms with van der Waals surface area (Å²) < 4.78 is 23.2. The standard InChI is InChI=1S/C12H17BrFNO2/c1-16-7-5-15-9-10-8-11(17-6-4-14)2-3-12(10)13/h2-3,8,15H,4-7,9H2,1H3. The quantitative estimate of drug-likeness (QED) is 0.749. The van der Waals surface area contributed by atoms with E-state index >= 15 is 0 Å². The van der Waals surface area contributed by atoms with Gasteiger partial charge in [0.05, 0.1) is 6.61 Å². The predicted octanol–water partition coefficient (Wildman–Crippen LogP) is 2.53. The van der Waals surface area contributed by atoms with Gasteiger partial charge in [-0.1, -0.05) is 15.9 Å². The van der Waals surface area contributed by atoms with Gasteiger partial charge in [-0.3, -0.25) is 0 Å². The third kappa shape index (κ3) is 5.48. The fourth-order valence-electron chi connectivity index (χ4n) is 1.33. The molecule has 0 heterocycles. The molecule has 0 fully saturated rings. The SMILES string of the molecule is COCCNCc1cc(OCCF)ccc1Br. The van der Waals surface area contributed by atoms with Crippen molar-refractivity contribution < 1.29 is 13.9 Å². The molecule has 5 heteroatoms. The Hall–Kier alpha value is -0.650. The second-order valence-electron chi connectivity index (χ2n) is 3.46. The maximum atomic E-state index is 12.0. The minimum absolute atomic E-state index is 0.0954. The number of methoxy groups -OCH3 is 1. The molecule has 1 N–H and O–H groups in total. The number of hydrogen-bond acceptors (Lipinski definition) is 3. The molecule has 0 saturated carbocycles. The number of rotatable bonds is 8. The van der Waals surface area contributed by atoms with E-state index in [1.165, 1.54) is 0 Å². The Kier molecular flexibility index (Phi) is 7.16. The largest absolute Gasteiger partial charge is 0.491 e. The van der Waals surface area contributed by atoms with Gasteiger partial charge in [-0.05, 0) is 23.8 Å². The van der Waals surface area contributed by atoms with Crippen LogP contribution in [0.25, 0.3) is 0 Å². The molecule has 0 atom stereocenters. The van der Waals surface area contributed by atoms with Gasteiger partial charge < -0.3 is 14.8 Å². The van der Waals surface area contributed by atoms with Crippen LogP contribution in [0, 0.1) is 0 Å². The van der Waals surface area contributed by atoms with Crippen molar-refractivity contribution in [1.29, 1.82) is 0 Å². The summed E-state index contributed by atoms with van der Waals surface area (Å²) in [6, 6.07) is 5.62. The third-order valence-corrected chi connectivity index (χ3v) is 2.94. The lowest BCUT2D eigenvalue weighted by atomic mass is 10.2. The first-order valence-electron chi connectivity index (χ1n) is 5.44. The summed E-state index contributed by atoms with van der Waals surface area (Å²) in [6.07, 6.45) is 0. The van der Waals surface area contributed by atoms with Gasteiger partial charge in [0, 0.05) is 24.7 Å². The molecule has 1 rings (SSSR count). The average Bonchev–Trinajstić information content (AvgIpc) is 2.35. The van der Waals surface area contributed by atoms with Crippen LogP contribution in [-0.2, 0) is 11.3 Å². The number of nitrogens with one attached hydrogen (secondary N) is 1. The Morgan fingerprint density at radius 2 is 2.18 bits per heavy atom. The normalized spacial score (nSPS) is 10.5. The van der Waals surface area contributed by atoms with E-state index in [0.717, 1.165) is 23.1 Å². The van der Waals surface area contributed by atoms with Gasteiger partial charge in [-0.25, -0.2) is 4.39 Å². The van der Waals surface area contributed by atoms with Crippen molar-refractivity contribution in [3.63, 3.8) is 0 Å². The second kappa shape index (κ2) is 8.44. The van der Waals surface area contributed by atoms with Crippen molar-refractivity contribution in [1.82, 2.24) is 5.32 Å². The Morgan fingerprint density at radius 1 is 1.35 bits per heavy atom. The lowest BCUT2D eigenvalue weighted by Gasteiger charge is -2.09. The van der Waals surface area contributed by atoms with Gasteiger partial charge in [-0.15, -0.1) is 0 Å². The van der Waals surface area contributed by atoms with Crippen molar-refractivity contribution in [2.45, 2.75) is 6.54 Å². The van der Waals surface area contributed by atoms with Crippen molar-refractivity contribution in [3.05, 3.63) is 28.2 Å². The maximum Gasteiger partial charge on any atom is 0.123 e. The van der Waals surface area contributed by atoms with Gasteiger partial charge in [-0.2, -0.15) is 0 Å². The minimum atomic E-state index is -0.475. The molecular weight excluding hydrogens is 289 g/mol. The zero-order valence-electron chi connectivity index (χ0n) is 9.84. The van der Waals surface area contributed by atoms with E-state index < -0.39 is 6.67 Å². The molecular formula is C12H17BrFNO2. The molecule has 96 valence electrons. The molecule has 0 amide bonds. The molecule has 0 aromatic heterocycles. The van der Waals surface area contributed by atoms with Crippen LogP contribution in [0.1, 0.15) is 5.56 Å². The predicted molar refractivity (Wildman–Crippen MR) is 69.2 cm³/mol. The number of alkyl halides is 1. The van der Waals surface area contributed by atoms with E-state index in [-0.39, 0.29) is 6.61 Å². The highest BCUT2D eigenvalue weighted by atomic mass is 79.9. The highest BCUT2D eigenvalue weighted by Crippen LogP contribution is 2.22. The van der Waals surface area contributed by atoms with E-state index in [2.05, 4.69) is 21.2 Å². The topological polar surface area (TPSA) is 30.5 Å². The summed E-state index contributed by atoms with van der Waals surface area (Å²) in [5, 5.41) is 3.24. The first kappa shape index (κ1) is 14.4. The highest BCUT2D eigenvalue weighted by molar-refractivity contribution is 9.10. The van der Waals surface area contributed by atoms with Gasteiger partial charge in [0.25, 0.3) is 0 Å². The molecule has 0 spiro atoms. The van der Waals surface area contributed by atoms with Gasteiger partial charge in [0.15, 0.2) is 0 Å². The zero-order valence-corrected chi connectivity index (χ0v) is 11.4. The lowest BCUT2D eigenvalue weighted by Crippen LogP contribution is -2.18. The van der Waals surface area contributed by atoms with E-state index in [9.17, 15) is 4.39 Å². The van der Waals surface area contributed by atoms with Crippen molar-refractivity contribution >= 4 is 15.9 Å². The molecule has 0 aliphatic rings. The Balaban J connectivity index is 2.50. The minimum Gasteiger partial charge on any atom is -0.491 e. The second-order valence-corrected chi connectivity index (χ2v) is 4.31. The summed E-state index contributed by atoms with van der Waals surface area (Å²) in [7, 11) is 1.67. The summed E-state index contributed by atoms with van der Waals surface area (Å²) in [4.78, 5) is 0. The van der Waals surface area contributed by atoms with Crippen LogP contribution in [0.15, 0.2) is 22.7 Å². The molecule has 0 unspecified atom stereocenters. The van der Waals surface area contributed by atoms with Crippen LogP contribution in [0.5, 0.6) is 5.75 Å². The molecule has 1 aromatic rings. The Morgan fingerprint density at radius 3 is 2.88 bits per heavy atom. The Labute approximate surface area is 109 Å². The van der Waals surface area contributed by atoms with Crippen LogP contribution in [0.2, 0.25) is 0 Å². The molecule has 0 radical (unpaired) electrons. The molecule has 0 bridgehead atoms. The molecule has 1 aromatic carbocycles. The first-order valence-corrected chi connectivity index (χ1v) is 6.24. The Bertz CT molecular complexity index is 336.